The van der Waals surface area contributed by atoms with Gasteiger partial charge in [0.25, 0.3) is 5.91 Å². The summed E-state index contributed by atoms with van der Waals surface area (Å²) in [5, 5.41) is 2.73. The smallest absolute Gasteiger partial charge is 0.260 e. The van der Waals surface area contributed by atoms with Gasteiger partial charge in [-0.2, -0.15) is 0 Å². The van der Waals surface area contributed by atoms with E-state index in [1.807, 2.05) is 0 Å². The van der Waals surface area contributed by atoms with Crippen molar-refractivity contribution in [2.45, 2.75) is 20.3 Å². The summed E-state index contributed by atoms with van der Waals surface area (Å²) in [7, 11) is 1.58. The Balaban J connectivity index is 0.000000647. The number of aryl methyl sites for hydroxylation is 1. The molecule has 1 aliphatic heterocycles. The van der Waals surface area contributed by atoms with Gasteiger partial charge in [0.15, 0.2) is 0 Å². The number of carbonyl (C=O) groups is 2. The molecule has 0 unspecified atom stereocenters. The van der Waals surface area contributed by atoms with Crippen LogP contribution in [0.5, 0.6) is 0 Å². The number of carbonyl (C=O) groups excluding carboxylic acids is 2. The normalized spacial score (nSPS) is 12.6. The van der Waals surface area contributed by atoms with Crippen molar-refractivity contribution in [3.8, 4) is 0 Å². The number of fused-ring (bicyclic) bond motifs is 1. The monoisotopic (exact) mass is 327 g/mol. The van der Waals surface area contributed by atoms with E-state index in [1.54, 1.807) is 31.3 Å². The van der Waals surface area contributed by atoms with Gasteiger partial charge in [-0.1, -0.05) is 32.4 Å². The molecular weight excluding hydrogens is 306 g/mol. The Hall–Kier alpha value is -2.89. The minimum Gasteiger partial charge on any atom is -0.323 e. The first-order valence-corrected chi connectivity index (χ1v) is 7.85. The van der Waals surface area contributed by atoms with Crippen molar-refractivity contribution < 1.29 is 9.59 Å². The number of nitrogens with one attached hydrogen (secondary N) is 1. The maximum absolute atomic E-state index is 12.6. The topological polar surface area (TPSA) is 71.4 Å². The molecule has 0 atom stereocenters. The molecule has 2 heterocycles. The average molecular weight is 327 g/mol. The van der Waals surface area contributed by atoms with Crippen molar-refractivity contribution >= 4 is 23.2 Å². The van der Waals surface area contributed by atoms with E-state index in [4.69, 9.17) is 0 Å². The van der Waals surface area contributed by atoms with Crippen LogP contribution in [-0.4, -0.2) is 22.9 Å². The van der Waals surface area contributed by atoms with E-state index in [0.29, 0.717) is 16.9 Å². The molecule has 1 aliphatic rings. The van der Waals surface area contributed by atoms with Crippen LogP contribution in [0.15, 0.2) is 47.4 Å². The summed E-state index contributed by atoms with van der Waals surface area (Å²) in [6, 6.07) is 9.92. The SMILES string of the molecule is CCC.Cn1cc(C(=O)N2CC(=O)Nc3ccccc32)ccc1=O. The molecule has 2 aromatic rings. The van der Waals surface area contributed by atoms with Crippen LogP contribution in [0.2, 0.25) is 0 Å². The number of nitrogens with zero attached hydrogens (tertiary/aromatic N) is 2. The Morgan fingerprint density at radius 1 is 1.12 bits per heavy atom. The van der Waals surface area contributed by atoms with Gasteiger partial charge in [0.2, 0.25) is 11.5 Å². The van der Waals surface area contributed by atoms with E-state index >= 15 is 0 Å². The number of rotatable bonds is 1. The van der Waals surface area contributed by atoms with Crippen molar-refractivity contribution in [3.05, 3.63) is 58.5 Å². The van der Waals surface area contributed by atoms with Crippen LogP contribution in [0.25, 0.3) is 0 Å². The molecule has 1 aromatic carbocycles. The molecular formula is C18H21N3O3. The van der Waals surface area contributed by atoms with Gasteiger partial charge >= 0.3 is 0 Å². The number of amides is 2. The lowest BCUT2D eigenvalue weighted by Crippen LogP contribution is -2.42. The zero-order valence-corrected chi connectivity index (χ0v) is 14.1. The first kappa shape index (κ1) is 17.5. The maximum Gasteiger partial charge on any atom is 0.260 e. The van der Waals surface area contributed by atoms with Gasteiger partial charge in [0.1, 0.15) is 6.54 Å². The second-order valence-corrected chi connectivity index (χ2v) is 5.53. The molecule has 24 heavy (non-hydrogen) atoms. The van der Waals surface area contributed by atoms with E-state index in [1.165, 1.54) is 34.2 Å². The van der Waals surface area contributed by atoms with Gasteiger partial charge in [-0.25, -0.2) is 0 Å². The second kappa shape index (κ2) is 7.59. The zero-order valence-electron chi connectivity index (χ0n) is 14.1. The zero-order chi connectivity index (χ0) is 17.7. The van der Waals surface area contributed by atoms with Crippen LogP contribution in [0, 0.1) is 0 Å². The van der Waals surface area contributed by atoms with Gasteiger partial charge in [-0.3, -0.25) is 19.3 Å². The van der Waals surface area contributed by atoms with Crippen LogP contribution in [0.4, 0.5) is 11.4 Å². The van der Waals surface area contributed by atoms with E-state index in [2.05, 4.69) is 19.2 Å². The quantitative estimate of drug-likeness (QED) is 0.874. The highest BCUT2D eigenvalue weighted by Gasteiger charge is 2.27. The Bertz CT molecular complexity index is 811. The predicted molar refractivity (Wildman–Crippen MR) is 94.4 cm³/mol. The molecule has 0 spiro atoms. The molecule has 0 saturated carbocycles. The lowest BCUT2D eigenvalue weighted by molar-refractivity contribution is -0.115. The largest absolute Gasteiger partial charge is 0.323 e. The first-order chi connectivity index (χ1) is 11.5. The van der Waals surface area contributed by atoms with Crippen LogP contribution in [0.3, 0.4) is 0 Å². The third-order valence-corrected chi connectivity index (χ3v) is 3.35. The van der Waals surface area contributed by atoms with E-state index in [-0.39, 0.29) is 23.9 Å². The first-order valence-electron chi connectivity index (χ1n) is 7.85. The molecule has 0 radical (unpaired) electrons. The fraction of sp³-hybridized carbons (Fsp3) is 0.278. The van der Waals surface area contributed by atoms with Crippen molar-refractivity contribution in [1.29, 1.82) is 0 Å². The van der Waals surface area contributed by atoms with E-state index in [9.17, 15) is 14.4 Å². The second-order valence-electron chi connectivity index (χ2n) is 5.53. The standard InChI is InChI=1S/C15H13N3O3.C3H8/c1-17-8-10(6-7-14(17)20)15(21)18-9-13(19)16-11-4-2-3-5-12(11)18;1-3-2/h2-8H,9H2,1H3,(H,16,19);3H2,1-2H3. The summed E-state index contributed by atoms with van der Waals surface area (Å²) in [4.78, 5) is 37.1. The molecule has 1 aromatic heterocycles. The molecule has 126 valence electrons. The minimum atomic E-state index is -0.312. The van der Waals surface area contributed by atoms with Crippen LogP contribution in [-0.2, 0) is 11.8 Å². The lowest BCUT2D eigenvalue weighted by atomic mass is 10.1. The number of para-hydroxylation sites is 2. The highest BCUT2D eigenvalue weighted by atomic mass is 16.2. The van der Waals surface area contributed by atoms with Crippen LogP contribution >= 0.6 is 0 Å². The Labute approximate surface area is 140 Å². The summed E-state index contributed by atoms with van der Waals surface area (Å²) >= 11 is 0. The van der Waals surface area contributed by atoms with Gasteiger partial charge in [-0.05, 0) is 18.2 Å². The molecule has 2 amide bonds. The van der Waals surface area contributed by atoms with Gasteiger partial charge in [-0.15, -0.1) is 0 Å². The maximum atomic E-state index is 12.6. The highest BCUT2D eigenvalue weighted by molar-refractivity contribution is 6.15. The Kier molecular flexibility index (Phi) is 5.52. The molecule has 6 nitrogen and oxygen atoms in total. The van der Waals surface area contributed by atoms with Gasteiger partial charge in [0, 0.05) is 19.3 Å². The number of hydrogen-bond acceptors (Lipinski definition) is 3. The number of anilines is 2. The fourth-order valence-corrected chi connectivity index (χ4v) is 2.29. The number of hydrogen-bond donors (Lipinski definition) is 1. The fourth-order valence-electron chi connectivity index (χ4n) is 2.29. The van der Waals surface area contributed by atoms with E-state index in [0.717, 1.165) is 0 Å². The Morgan fingerprint density at radius 2 is 1.79 bits per heavy atom. The van der Waals surface area contributed by atoms with E-state index < -0.39 is 0 Å². The summed E-state index contributed by atoms with van der Waals surface area (Å²) in [6.45, 7) is 4.21. The molecule has 0 aliphatic carbocycles. The van der Waals surface area contributed by atoms with Crippen molar-refractivity contribution in [1.82, 2.24) is 4.57 Å². The molecule has 6 heteroatoms. The summed E-state index contributed by atoms with van der Waals surface area (Å²) in [5.74, 6) is -0.556. The lowest BCUT2D eigenvalue weighted by Gasteiger charge is -2.29. The highest BCUT2D eigenvalue weighted by Crippen LogP contribution is 2.29. The van der Waals surface area contributed by atoms with Crippen LogP contribution in [0.1, 0.15) is 30.6 Å². The number of pyridine rings is 1. The molecule has 0 saturated heterocycles. The number of benzene rings is 1. The molecule has 3 rings (SSSR count). The average Bonchev–Trinajstić information content (AvgIpc) is 2.56. The summed E-state index contributed by atoms with van der Waals surface area (Å²) in [6.07, 6.45) is 2.72. The van der Waals surface area contributed by atoms with Crippen LogP contribution < -0.4 is 15.8 Å². The van der Waals surface area contributed by atoms with Gasteiger partial charge in [0.05, 0.1) is 16.9 Å². The predicted octanol–water partition coefficient (Wildman–Crippen LogP) is 2.40. The van der Waals surface area contributed by atoms with Crippen molar-refractivity contribution in [2.75, 3.05) is 16.8 Å². The minimum absolute atomic E-state index is 0.0430. The third-order valence-electron chi connectivity index (χ3n) is 3.35. The summed E-state index contributed by atoms with van der Waals surface area (Å²) < 4.78 is 1.34. The summed E-state index contributed by atoms with van der Waals surface area (Å²) in [5.41, 5.74) is 1.42. The molecule has 0 fully saturated rings. The molecule has 1 N–H and O–H groups in total. The van der Waals surface area contributed by atoms with Gasteiger partial charge < -0.3 is 9.88 Å². The number of aromatic nitrogens is 1. The van der Waals surface area contributed by atoms with Crippen molar-refractivity contribution in [2.24, 2.45) is 7.05 Å². The van der Waals surface area contributed by atoms with Crippen molar-refractivity contribution in [3.63, 3.8) is 0 Å². The third kappa shape index (κ3) is 3.71. The Morgan fingerprint density at radius 3 is 2.46 bits per heavy atom. The molecule has 0 bridgehead atoms.